The second-order valence-corrected chi connectivity index (χ2v) is 5.06. The number of esters is 1. The van der Waals surface area contributed by atoms with Crippen LogP contribution in [0.3, 0.4) is 0 Å². The van der Waals surface area contributed by atoms with E-state index in [4.69, 9.17) is 4.74 Å². The number of nitrogens with zero attached hydrogens (tertiary/aromatic N) is 4. The first kappa shape index (κ1) is 12.9. The van der Waals surface area contributed by atoms with Crippen LogP contribution in [0.4, 0.5) is 5.82 Å². The summed E-state index contributed by atoms with van der Waals surface area (Å²) in [5.41, 5.74) is 2.04. The fraction of sp³-hybridized carbons (Fsp3) is 0.500. The van der Waals surface area contributed by atoms with Crippen LogP contribution in [-0.2, 0) is 11.2 Å². The first-order chi connectivity index (χ1) is 9.67. The zero-order valence-electron chi connectivity index (χ0n) is 12.0. The Balaban J connectivity index is 2.24. The van der Waals surface area contributed by atoms with Crippen molar-refractivity contribution >= 4 is 17.4 Å². The summed E-state index contributed by atoms with van der Waals surface area (Å²) in [4.78, 5) is 18.6. The summed E-state index contributed by atoms with van der Waals surface area (Å²) < 4.78 is 6.68. The van der Waals surface area contributed by atoms with Crippen LogP contribution in [0.5, 0.6) is 0 Å². The van der Waals surface area contributed by atoms with Crippen molar-refractivity contribution < 1.29 is 9.53 Å². The van der Waals surface area contributed by atoms with E-state index in [1.54, 1.807) is 12.3 Å². The summed E-state index contributed by atoms with van der Waals surface area (Å²) in [5, 5.41) is 4.34. The third-order valence-electron chi connectivity index (χ3n) is 3.98. The third kappa shape index (κ3) is 1.75. The van der Waals surface area contributed by atoms with Crippen molar-refractivity contribution in [2.45, 2.75) is 32.7 Å². The molecule has 2 aromatic rings. The van der Waals surface area contributed by atoms with E-state index in [9.17, 15) is 4.79 Å². The Bertz CT molecular complexity index is 664. The molecule has 1 atom stereocenters. The highest BCUT2D eigenvalue weighted by Gasteiger charge is 2.31. The zero-order valence-corrected chi connectivity index (χ0v) is 12.0. The molecular formula is C14H18N4O2. The minimum absolute atomic E-state index is 0.379. The van der Waals surface area contributed by atoms with Gasteiger partial charge >= 0.3 is 5.97 Å². The topological polar surface area (TPSA) is 59.7 Å². The molecule has 0 saturated carbocycles. The maximum Gasteiger partial charge on any atom is 0.357 e. The number of rotatable bonds is 3. The minimum atomic E-state index is -0.379. The molecule has 106 valence electrons. The molecule has 0 fully saturated rings. The van der Waals surface area contributed by atoms with Crippen LogP contribution in [0.1, 0.15) is 36.3 Å². The number of anilines is 1. The second kappa shape index (κ2) is 4.77. The van der Waals surface area contributed by atoms with Crippen LogP contribution in [0.15, 0.2) is 12.3 Å². The van der Waals surface area contributed by atoms with Crippen LogP contribution in [0.25, 0.3) is 5.65 Å². The van der Waals surface area contributed by atoms with E-state index in [-0.39, 0.29) is 5.97 Å². The largest absolute Gasteiger partial charge is 0.464 e. The first-order valence-electron chi connectivity index (χ1n) is 6.89. The zero-order chi connectivity index (χ0) is 14.3. The SMILES string of the molecule is CCC(C)N1CCc2c(C(=O)OC)nc3ccnn3c21. The van der Waals surface area contributed by atoms with Crippen LogP contribution >= 0.6 is 0 Å². The van der Waals surface area contributed by atoms with Gasteiger partial charge in [0.25, 0.3) is 0 Å². The smallest absolute Gasteiger partial charge is 0.357 e. The predicted molar refractivity (Wildman–Crippen MR) is 75.1 cm³/mol. The number of carbonyl (C=O) groups is 1. The van der Waals surface area contributed by atoms with E-state index in [1.165, 1.54) is 7.11 Å². The number of ether oxygens (including phenoxy) is 1. The van der Waals surface area contributed by atoms with E-state index in [2.05, 4.69) is 28.8 Å². The molecule has 6 heteroatoms. The normalized spacial score (nSPS) is 15.4. The Kier molecular flexibility index (Phi) is 3.08. The van der Waals surface area contributed by atoms with Gasteiger partial charge in [-0.3, -0.25) is 0 Å². The Morgan fingerprint density at radius 2 is 2.35 bits per heavy atom. The highest BCUT2D eigenvalue weighted by atomic mass is 16.5. The molecule has 0 amide bonds. The lowest BCUT2D eigenvalue weighted by atomic mass is 10.2. The van der Waals surface area contributed by atoms with E-state index in [0.29, 0.717) is 17.4 Å². The van der Waals surface area contributed by atoms with Gasteiger partial charge in [0.2, 0.25) is 0 Å². The van der Waals surface area contributed by atoms with Crippen LogP contribution in [-0.4, -0.2) is 40.3 Å². The van der Waals surface area contributed by atoms with Crippen molar-refractivity contribution in [3.8, 4) is 0 Å². The Hall–Kier alpha value is -2.11. The molecule has 1 aliphatic heterocycles. The van der Waals surface area contributed by atoms with Gasteiger partial charge in [0.1, 0.15) is 5.82 Å². The van der Waals surface area contributed by atoms with Crippen LogP contribution in [0, 0.1) is 0 Å². The van der Waals surface area contributed by atoms with Gasteiger partial charge in [-0.2, -0.15) is 9.61 Å². The fourth-order valence-electron chi connectivity index (χ4n) is 2.74. The molecule has 3 rings (SSSR count). The molecule has 0 aliphatic carbocycles. The van der Waals surface area contributed by atoms with Crippen molar-refractivity contribution in [2.24, 2.45) is 0 Å². The van der Waals surface area contributed by atoms with Gasteiger partial charge in [-0.15, -0.1) is 0 Å². The van der Waals surface area contributed by atoms with Gasteiger partial charge in [-0.1, -0.05) is 6.92 Å². The molecule has 0 radical (unpaired) electrons. The summed E-state index contributed by atoms with van der Waals surface area (Å²) >= 11 is 0. The summed E-state index contributed by atoms with van der Waals surface area (Å²) in [5.74, 6) is 0.603. The highest BCUT2D eigenvalue weighted by molar-refractivity contribution is 5.91. The summed E-state index contributed by atoms with van der Waals surface area (Å²) in [6, 6.07) is 2.20. The van der Waals surface area contributed by atoms with E-state index >= 15 is 0 Å². The van der Waals surface area contributed by atoms with Gasteiger partial charge in [-0.05, 0) is 19.8 Å². The number of hydrogen-bond acceptors (Lipinski definition) is 5. The summed E-state index contributed by atoms with van der Waals surface area (Å²) in [7, 11) is 1.39. The van der Waals surface area contributed by atoms with Gasteiger partial charge in [0, 0.05) is 24.2 Å². The van der Waals surface area contributed by atoms with Crippen molar-refractivity contribution in [1.82, 2.24) is 14.6 Å². The van der Waals surface area contributed by atoms with E-state index in [0.717, 1.165) is 30.8 Å². The van der Waals surface area contributed by atoms with Gasteiger partial charge in [0.05, 0.1) is 13.3 Å². The highest BCUT2D eigenvalue weighted by Crippen LogP contribution is 2.32. The second-order valence-electron chi connectivity index (χ2n) is 5.06. The van der Waals surface area contributed by atoms with Gasteiger partial charge in [0.15, 0.2) is 11.3 Å². The molecular weight excluding hydrogens is 256 g/mol. The van der Waals surface area contributed by atoms with Crippen LogP contribution < -0.4 is 4.90 Å². The van der Waals surface area contributed by atoms with E-state index < -0.39 is 0 Å². The third-order valence-corrected chi connectivity index (χ3v) is 3.98. The standard InChI is InChI=1S/C14H18N4O2/c1-4-9(2)17-8-6-10-12(14(19)20-3)16-11-5-7-15-18(11)13(10)17/h5,7,9H,4,6,8H2,1-3H3. The predicted octanol–water partition coefficient (Wildman–Crippen LogP) is 1.68. The molecule has 0 aromatic carbocycles. The number of hydrogen-bond donors (Lipinski definition) is 0. The molecule has 0 N–H and O–H groups in total. The minimum Gasteiger partial charge on any atom is -0.464 e. The number of carbonyl (C=O) groups excluding carboxylic acids is 1. The Labute approximate surface area is 117 Å². The maximum atomic E-state index is 12.0. The first-order valence-corrected chi connectivity index (χ1v) is 6.89. The summed E-state index contributed by atoms with van der Waals surface area (Å²) in [6.07, 6.45) is 3.54. The van der Waals surface area contributed by atoms with Gasteiger partial charge < -0.3 is 9.64 Å². The molecule has 1 aliphatic rings. The molecule has 6 nitrogen and oxygen atoms in total. The molecule has 1 unspecified atom stereocenters. The lowest BCUT2D eigenvalue weighted by Crippen LogP contribution is -2.32. The number of fused-ring (bicyclic) bond motifs is 3. The van der Waals surface area contributed by atoms with Crippen molar-refractivity contribution in [3.63, 3.8) is 0 Å². The average molecular weight is 274 g/mol. The summed E-state index contributed by atoms with van der Waals surface area (Å²) in [6.45, 7) is 5.23. The van der Waals surface area contributed by atoms with E-state index in [1.807, 2.05) is 4.52 Å². The number of aromatic nitrogens is 3. The van der Waals surface area contributed by atoms with Crippen molar-refractivity contribution in [3.05, 3.63) is 23.5 Å². The monoisotopic (exact) mass is 274 g/mol. The maximum absolute atomic E-state index is 12.0. The quantitative estimate of drug-likeness (QED) is 0.797. The average Bonchev–Trinajstić information content (AvgIpc) is 3.10. The lowest BCUT2D eigenvalue weighted by Gasteiger charge is -2.26. The lowest BCUT2D eigenvalue weighted by molar-refractivity contribution is 0.0593. The molecule has 0 bridgehead atoms. The molecule has 0 saturated heterocycles. The van der Waals surface area contributed by atoms with Crippen LogP contribution in [0.2, 0.25) is 0 Å². The Morgan fingerprint density at radius 1 is 1.55 bits per heavy atom. The molecule has 0 spiro atoms. The Morgan fingerprint density at radius 3 is 3.05 bits per heavy atom. The van der Waals surface area contributed by atoms with Crippen molar-refractivity contribution in [2.75, 3.05) is 18.6 Å². The molecule has 3 heterocycles. The van der Waals surface area contributed by atoms with Crippen molar-refractivity contribution in [1.29, 1.82) is 0 Å². The van der Waals surface area contributed by atoms with Gasteiger partial charge in [-0.25, -0.2) is 9.78 Å². The fourth-order valence-corrected chi connectivity index (χ4v) is 2.74. The number of methoxy groups -OCH3 is 1. The molecule has 2 aromatic heterocycles. The molecule has 20 heavy (non-hydrogen) atoms.